The Morgan fingerprint density at radius 3 is 2.67 bits per heavy atom. The first kappa shape index (κ1) is 16.0. The second-order valence-corrected chi connectivity index (χ2v) is 6.23. The normalized spacial score (nSPS) is 22.7. The average Bonchev–Trinajstić information content (AvgIpc) is 2.41. The number of nitrogens with zero attached hydrogens (tertiary/aromatic N) is 1. The van der Waals surface area contributed by atoms with E-state index in [0.29, 0.717) is 12.0 Å². The monoisotopic (exact) mass is 289 g/mol. The molecule has 1 heterocycles. The van der Waals surface area contributed by atoms with Crippen LogP contribution < -0.4 is 0 Å². The third kappa shape index (κ3) is 4.84. The molecule has 1 fully saturated rings. The minimum atomic E-state index is -0.287. The maximum atomic E-state index is 13.7. The first-order chi connectivity index (χ1) is 10.1. The summed E-state index contributed by atoms with van der Waals surface area (Å²) in [6, 6.07) is 5.18. The molecule has 0 amide bonds. The van der Waals surface area contributed by atoms with Crippen molar-refractivity contribution in [3.05, 3.63) is 35.1 Å². The van der Waals surface area contributed by atoms with E-state index in [1.807, 2.05) is 12.1 Å². The summed E-state index contributed by atoms with van der Waals surface area (Å²) in [6.07, 6.45) is 1.67. The molecular formula is C18H24FNO. The maximum Gasteiger partial charge on any atom is 0.138 e. The topological polar surface area (TPSA) is 23.5 Å². The van der Waals surface area contributed by atoms with E-state index in [1.54, 1.807) is 0 Å². The number of halogens is 1. The van der Waals surface area contributed by atoms with Crippen molar-refractivity contribution < 1.29 is 9.50 Å². The maximum absolute atomic E-state index is 13.7. The molecule has 1 N–H and O–H groups in total. The van der Waals surface area contributed by atoms with Gasteiger partial charge in [-0.1, -0.05) is 31.8 Å². The van der Waals surface area contributed by atoms with Crippen LogP contribution in [0.1, 0.15) is 37.8 Å². The molecule has 2 unspecified atom stereocenters. The molecule has 2 atom stereocenters. The molecule has 1 aliphatic heterocycles. The van der Waals surface area contributed by atoms with Gasteiger partial charge in [0.2, 0.25) is 0 Å². The van der Waals surface area contributed by atoms with Crippen molar-refractivity contribution in [1.82, 2.24) is 4.90 Å². The molecule has 0 saturated carbocycles. The SMILES string of the molecule is CC1CC(C)CN(Cc2ccc(F)c(C#CCCO)c2)C1. The van der Waals surface area contributed by atoms with E-state index in [1.165, 1.54) is 12.5 Å². The predicted molar refractivity (Wildman–Crippen MR) is 83.2 cm³/mol. The summed E-state index contributed by atoms with van der Waals surface area (Å²) >= 11 is 0. The Hall–Kier alpha value is -1.37. The van der Waals surface area contributed by atoms with Crippen molar-refractivity contribution in [2.75, 3.05) is 19.7 Å². The van der Waals surface area contributed by atoms with Crippen molar-refractivity contribution in [2.24, 2.45) is 11.8 Å². The van der Waals surface area contributed by atoms with Gasteiger partial charge >= 0.3 is 0 Å². The Morgan fingerprint density at radius 2 is 2.00 bits per heavy atom. The fourth-order valence-electron chi connectivity index (χ4n) is 3.16. The van der Waals surface area contributed by atoms with Crippen LogP contribution in [-0.2, 0) is 6.54 Å². The van der Waals surface area contributed by atoms with Gasteiger partial charge in [0.25, 0.3) is 0 Å². The molecule has 0 radical (unpaired) electrons. The van der Waals surface area contributed by atoms with Gasteiger partial charge in [-0.25, -0.2) is 4.39 Å². The summed E-state index contributed by atoms with van der Waals surface area (Å²) < 4.78 is 13.7. The summed E-state index contributed by atoms with van der Waals surface area (Å²) in [5.74, 6) is 6.74. The zero-order valence-electron chi connectivity index (χ0n) is 12.9. The van der Waals surface area contributed by atoms with Gasteiger partial charge in [-0.2, -0.15) is 0 Å². The number of benzene rings is 1. The fraction of sp³-hybridized carbons (Fsp3) is 0.556. The van der Waals surface area contributed by atoms with Crippen LogP contribution in [0, 0.1) is 29.5 Å². The molecule has 114 valence electrons. The van der Waals surface area contributed by atoms with Crippen LogP contribution in [0.3, 0.4) is 0 Å². The highest BCUT2D eigenvalue weighted by atomic mass is 19.1. The van der Waals surface area contributed by atoms with Crippen LogP contribution in [0.15, 0.2) is 18.2 Å². The second-order valence-electron chi connectivity index (χ2n) is 6.23. The van der Waals surface area contributed by atoms with Gasteiger partial charge < -0.3 is 5.11 Å². The number of aliphatic hydroxyl groups excluding tert-OH is 1. The first-order valence-electron chi connectivity index (χ1n) is 7.69. The number of hydrogen-bond donors (Lipinski definition) is 1. The molecule has 21 heavy (non-hydrogen) atoms. The van der Waals surface area contributed by atoms with Crippen LogP contribution >= 0.6 is 0 Å². The Labute approximate surface area is 127 Å². The summed E-state index contributed by atoms with van der Waals surface area (Å²) in [6.45, 7) is 7.65. The van der Waals surface area contributed by atoms with Crippen molar-refractivity contribution in [3.63, 3.8) is 0 Å². The van der Waals surface area contributed by atoms with Crippen LogP contribution in [0.25, 0.3) is 0 Å². The molecule has 0 aliphatic carbocycles. The molecular weight excluding hydrogens is 265 g/mol. The Kier molecular flexibility index (Phi) is 5.78. The molecule has 3 heteroatoms. The van der Waals surface area contributed by atoms with E-state index in [-0.39, 0.29) is 12.4 Å². The van der Waals surface area contributed by atoms with E-state index < -0.39 is 0 Å². The van der Waals surface area contributed by atoms with E-state index in [0.717, 1.165) is 37.0 Å². The molecule has 2 rings (SSSR count). The molecule has 1 saturated heterocycles. The zero-order chi connectivity index (χ0) is 15.2. The van der Waals surface area contributed by atoms with Crippen molar-refractivity contribution >= 4 is 0 Å². The van der Waals surface area contributed by atoms with E-state index >= 15 is 0 Å². The van der Waals surface area contributed by atoms with Crippen LogP contribution in [0.5, 0.6) is 0 Å². The van der Waals surface area contributed by atoms with Crippen molar-refractivity contribution in [3.8, 4) is 11.8 Å². The van der Waals surface area contributed by atoms with Gasteiger partial charge in [-0.05, 0) is 36.0 Å². The lowest BCUT2D eigenvalue weighted by atomic mass is 9.91. The number of aliphatic hydroxyl groups is 1. The van der Waals surface area contributed by atoms with Crippen LogP contribution in [0.4, 0.5) is 4.39 Å². The summed E-state index contributed by atoms with van der Waals surface area (Å²) in [7, 11) is 0. The minimum Gasteiger partial charge on any atom is -0.395 e. The molecule has 1 aromatic carbocycles. The molecule has 0 spiro atoms. The van der Waals surface area contributed by atoms with Gasteiger partial charge in [0.1, 0.15) is 5.82 Å². The Morgan fingerprint density at radius 1 is 1.29 bits per heavy atom. The van der Waals surface area contributed by atoms with Crippen LogP contribution in [0.2, 0.25) is 0 Å². The average molecular weight is 289 g/mol. The molecule has 0 bridgehead atoms. The number of piperidine rings is 1. The first-order valence-corrected chi connectivity index (χ1v) is 7.69. The van der Waals surface area contributed by atoms with Gasteiger partial charge in [0.05, 0.1) is 12.2 Å². The lowest BCUT2D eigenvalue weighted by Gasteiger charge is -2.35. The van der Waals surface area contributed by atoms with Gasteiger partial charge in [-0.3, -0.25) is 4.90 Å². The smallest absolute Gasteiger partial charge is 0.138 e. The van der Waals surface area contributed by atoms with Gasteiger partial charge in [0, 0.05) is 26.1 Å². The highest BCUT2D eigenvalue weighted by Gasteiger charge is 2.21. The minimum absolute atomic E-state index is 0.0118. The summed E-state index contributed by atoms with van der Waals surface area (Å²) in [5, 5.41) is 8.73. The van der Waals surface area contributed by atoms with Crippen molar-refractivity contribution in [1.29, 1.82) is 0 Å². The molecule has 1 aliphatic rings. The quantitative estimate of drug-likeness (QED) is 0.865. The highest BCUT2D eigenvalue weighted by molar-refractivity contribution is 5.38. The fourth-order valence-corrected chi connectivity index (χ4v) is 3.16. The van der Waals surface area contributed by atoms with Gasteiger partial charge in [0.15, 0.2) is 0 Å². The van der Waals surface area contributed by atoms with Gasteiger partial charge in [-0.15, -0.1) is 0 Å². The molecule has 1 aromatic rings. The van der Waals surface area contributed by atoms with Crippen LogP contribution in [-0.4, -0.2) is 29.7 Å². The summed E-state index contributed by atoms with van der Waals surface area (Å²) in [4.78, 5) is 2.44. The largest absolute Gasteiger partial charge is 0.395 e. The lowest BCUT2D eigenvalue weighted by molar-refractivity contribution is 0.134. The third-order valence-electron chi connectivity index (χ3n) is 3.84. The number of likely N-dealkylation sites (tertiary alicyclic amines) is 1. The second kappa shape index (κ2) is 7.59. The molecule has 2 nitrogen and oxygen atoms in total. The Balaban J connectivity index is 2.07. The predicted octanol–water partition coefficient (Wildman–Crippen LogP) is 3.04. The van der Waals surface area contributed by atoms with Crippen molar-refractivity contribution in [2.45, 2.75) is 33.2 Å². The number of rotatable bonds is 3. The Bertz CT molecular complexity index is 522. The van der Waals surface area contributed by atoms with E-state index in [4.69, 9.17) is 5.11 Å². The standard InChI is InChI=1S/C18H24FNO/c1-14-9-15(2)12-20(11-14)13-16-6-7-18(19)17(10-16)5-3-4-8-21/h6-7,10,14-15,21H,4,8-9,11-13H2,1-2H3. The number of hydrogen-bond acceptors (Lipinski definition) is 2. The lowest BCUT2D eigenvalue weighted by Crippen LogP contribution is -2.38. The summed E-state index contributed by atoms with van der Waals surface area (Å²) in [5.41, 5.74) is 1.53. The molecule has 0 aromatic heterocycles. The zero-order valence-corrected chi connectivity index (χ0v) is 12.9. The van der Waals surface area contributed by atoms with E-state index in [9.17, 15) is 4.39 Å². The highest BCUT2D eigenvalue weighted by Crippen LogP contribution is 2.23. The van der Waals surface area contributed by atoms with E-state index in [2.05, 4.69) is 30.6 Å². The third-order valence-corrected chi connectivity index (χ3v) is 3.84.